The summed E-state index contributed by atoms with van der Waals surface area (Å²) in [5.41, 5.74) is 3.15. The van der Waals surface area contributed by atoms with E-state index in [1.165, 1.54) is 4.90 Å². The van der Waals surface area contributed by atoms with Crippen LogP contribution in [0.1, 0.15) is 17.2 Å². The Labute approximate surface area is 179 Å². The molecule has 0 aromatic heterocycles. The fourth-order valence-corrected chi connectivity index (χ4v) is 4.46. The lowest BCUT2D eigenvalue weighted by atomic mass is 9.90. The molecule has 30 heavy (non-hydrogen) atoms. The van der Waals surface area contributed by atoms with Gasteiger partial charge in [0.15, 0.2) is 6.10 Å². The van der Waals surface area contributed by atoms with E-state index in [4.69, 9.17) is 16.4 Å². The number of fused-ring (bicyclic) bond motifs is 1. The Balaban J connectivity index is 1.60. The molecule has 5 rings (SSSR count). The van der Waals surface area contributed by atoms with Crippen LogP contribution in [-0.4, -0.2) is 17.9 Å². The first-order valence-electron chi connectivity index (χ1n) is 9.75. The number of aryl methyl sites for hydroxylation is 1. The van der Waals surface area contributed by atoms with Crippen LogP contribution in [0.4, 0.5) is 11.4 Å². The molecule has 2 fully saturated rings. The Bertz CT molecular complexity index is 1130. The number of hydrogen-bond donors (Lipinski definition) is 0. The highest BCUT2D eigenvalue weighted by atomic mass is 35.5. The molecule has 3 atom stereocenters. The first-order chi connectivity index (χ1) is 14.5. The van der Waals surface area contributed by atoms with E-state index in [-0.39, 0.29) is 11.8 Å². The Hall–Kier alpha value is -3.15. The average Bonchev–Trinajstić information content (AvgIpc) is 3.25. The molecule has 0 unspecified atom stereocenters. The molecule has 2 heterocycles. The maximum Gasteiger partial charge on any atom is 0.266 e. The molecule has 2 aliphatic rings. The second-order valence-electron chi connectivity index (χ2n) is 7.56. The Kier molecular flexibility index (Phi) is 4.57. The van der Waals surface area contributed by atoms with Gasteiger partial charge in [0.1, 0.15) is 5.92 Å². The van der Waals surface area contributed by atoms with Crippen molar-refractivity contribution in [1.29, 1.82) is 0 Å². The van der Waals surface area contributed by atoms with Gasteiger partial charge >= 0.3 is 0 Å². The number of benzene rings is 3. The van der Waals surface area contributed by atoms with Gasteiger partial charge in [-0.1, -0.05) is 54.1 Å². The van der Waals surface area contributed by atoms with Crippen molar-refractivity contribution in [1.82, 2.24) is 0 Å². The van der Waals surface area contributed by atoms with E-state index in [0.29, 0.717) is 10.7 Å². The molecule has 0 bridgehead atoms. The van der Waals surface area contributed by atoms with Gasteiger partial charge < -0.3 is 0 Å². The summed E-state index contributed by atoms with van der Waals surface area (Å²) in [5, 5.41) is 2.24. The van der Waals surface area contributed by atoms with Gasteiger partial charge in [-0.2, -0.15) is 0 Å². The Morgan fingerprint density at radius 3 is 2.30 bits per heavy atom. The Morgan fingerprint density at radius 2 is 1.57 bits per heavy atom. The van der Waals surface area contributed by atoms with E-state index in [1.54, 1.807) is 17.2 Å². The van der Waals surface area contributed by atoms with Crippen molar-refractivity contribution < 1.29 is 14.4 Å². The smallest absolute Gasteiger partial charge is 0.266 e. The number of carbonyl (C=O) groups is 2. The molecule has 150 valence electrons. The van der Waals surface area contributed by atoms with E-state index in [1.807, 2.05) is 73.7 Å². The number of amides is 2. The molecule has 0 N–H and O–H groups in total. The minimum atomic E-state index is -0.887. The van der Waals surface area contributed by atoms with Crippen molar-refractivity contribution in [3.05, 3.63) is 95.0 Å². The number of hydroxylamine groups is 1. The molecule has 0 aliphatic carbocycles. The number of halogens is 1. The monoisotopic (exact) mass is 418 g/mol. The van der Waals surface area contributed by atoms with Gasteiger partial charge in [0.05, 0.1) is 17.4 Å². The van der Waals surface area contributed by atoms with E-state index < -0.39 is 18.1 Å². The van der Waals surface area contributed by atoms with Crippen molar-refractivity contribution in [2.45, 2.75) is 19.1 Å². The third-order valence-corrected chi connectivity index (χ3v) is 5.81. The van der Waals surface area contributed by atoms with Gasteiger partial charge in [-0.25, -0.2) is 9.96 Å². The lowest BCUT2D eigenvalue weighted by molar-refractivity contribution is -0.126. The van der Waals surface area contributed by atoms with Crippen LogP contribution in [0, 0.1) is 12.8 Å². The van der Waals surface area contributed by atoms with E-state index in [0.717, 1.165) is 16.8 Å². The Morgan fingerprint density at radius 1 is 0.833 bits per heavy atom. The molecule has 0 radical (unpaired) electrons. The third kappa shape index (κ3) is 2.98. The first-order valence-corrected chi connectivity index (χ1v) is 10.1. The zero-order chi connectivity index (χ0) is 20.8. The van der Waals surface area contributed by atoms with Crippen molar-refractivity contribution in [2.24, 2.45) is 5.92 Å². The summed E-state index contributed by atoms with van der Waals surface area (Å²) >= 11 is 6.25. The van der Waals surface area contributed by atoms with E-state index in [9.17, 15) is 9.59 Å². The zero-order valence-electron chi connectivity index (χ0n) is 16.2. The molecule has 2 amide bonds. The quantitative estimate of drug-likeness (QED) is 0.578. The van der Waals surface area contributed by atoms with Crippen LogP contribution in [0.2, 0.25) is 5.02 Å². The normalized spacial score (nSPS) is 23.2. The topological polar surface area (TPSA) is 49.9 Å². The van der Waals surface area contributed by atoms with Crippen LogP contribution < -0.4 is 9.96 Å². The standard InChI is InChI=1S/C24H19ClN2O3/c1-15-7-5-12-19(13-15)26-23(28)20-21(16-8-6-9-17(25)14-16)27(30-22(20)24(26)29)18-10-3-2-4-11-18/h2-14,20-22H,1H3/t20-,21+,22-/m1/s1. The van der Waals surface area contributed by atoms with Crippen LogP contribution in [0.3, 0.4) is 0 Å². The second kappa shape index (κ2) is 7.27. The lowest BCUT2D eigenvalue weighted by Gasteiger charge is -2.28. The number of rotatable bonds is 3. The molecule has 2 saturated heterocycles. The summed E-state index contributed by atoms with van der Waals surface area (Å²) in [6, 6.07) is 23.7. The average molecular weight is 419 g/mol. The molecule has 5 nitrogen and oxygen atoms in total. The highest BCUT2D eigenvalue weighted by molar-refractivity contribution is 6.30. The molecule has 3 aromatic carbocycles. The van der Waals surface area contributed by atoms with Gasteiger partial charge in [0.25, 0.3) is 5.91 Å². The fraction of sp³-hybridized carbons (Fsp3) is 0.167. The summed E-state index contributed by atoms with van der Waals surface area (Å²) in [5.74, 6) is -1.28. The van der Waals surface area contributed by atoms with Gasteiger partial charge in [-0.3, -0.25) is 14.4 Å². The predicted molar refractivity (Wildman–Crippen MR) is 115 cm³/mol. The summed E-state index contributed by atoms with van der Waals surface area (Å²) in [4.78, 5) is 34.2. The minimum absolute atomic E-state index is 0.265. The van der Waals surface area contributed by atoms with Crippen molar-refractivity contribution in [2.75, 3.05) is 9.96 Å². The minimum Gasteiger partial charge on any atom is -0.273 e. The maximum absolute atomic E-state index is 13.5. The van der Waals surface area contributed by atoms with Crippen molar-refractivity contribution >= 4 is 34.8 Å². The number of nitrogens with zero attached hydrogens (tertiary/aromatic N) is 2. The SMILES string of the molecule is Cc1cccc(N2C(=O)[C@H]3[C@@H](ON(c4ccccc4)[C@H]3c3cccc(Cl)c3)C2=O)c1. The summed E-state index contributed by atoms with van der Waals surface area (Å²) in [7, 11) is 0. The third-order valence-electron chi connectivity index (χ3n) is 5.58. The molecule has 3 aromatic rings. The summed E-state index contributed by atoms with van der Waals surface area (Å²) < 4.78 is 0. The van der Waals surface area contributed by atoms with Crippen LogP contribution in [-0.2, 0) is 14.4 Å². The first kappa shape index (κ1) is 18.9. The molecular weight excluding hydrogens is 400 g/mol. The number of imide groups is 1. The predicted octanol–water partition coefficient (Wildman–Crippen LogP) is 4.70. The molecule has 6 heteroatoms. The highest BCUT2D eigenvalue weighted by Crippen LogP contribution is 2.47. The van der Waals surface area contributed by atoms with Gasteiger partial charge in [0, 0.05) is 5.02 Å². The van der Waals surface area contributed by atoms with Crippen molar-refractivity contribution in [3.8, 4) is 0 Å². The van der Waals surface area contributed by atoms with E-state index in [2.05, 4.69) is 0 Å². The number of anilines is 2. The summed E-state index contributed by atoms with van der Waals surface area (Å²) in [6.45, 7) is 1.93. The molecular formula is C24H19ClN2O3. The maximum atomic E-state index is 13.5. The lowest BCUT2D eigenvalue weighted by Crippen LogP contribution is -2.37. The van der Waals surface area contributed by atoms with Gasteiger partial charge in [-0.05, 0) is 54.4 Å². The van der Waals surface area contributed by atoms with E-state index >= 15 is 0 Å². The fourth-order valence-electron chi connectivity index (χ4n) is 4.26. The molecule has 0 spiro atoms. The van der Waals surface area contributed by atoms with Gasteiger partial charge in [0.2, 0.25) is 5.91 Å². The zero-order valence-corrected chi connectivity index (χ0v) is 17.0. The van der Waals surface area contributed by atoms with Crippen LogP contribution in [0.25, 0.3) is 0 Å². The highest BCUT2D eigenvalue weighted by Gasteiger charge is 2.60. The van der Waals surface area contributed by atoms with Crippen LogP contribution in [0.15, 0.2) is 78.9 Å². The van der Waals surface area contributed by atoms with Crippen LogP contribution in [0.5, 0.6) is 0 Å². The second-order valence-corrected chi connectivity index (χ2v) is 8.00. The molecule has 2 aliphatic heterocycles. The van der Waals surface area contributed by atoms with Gasteiger partial charge in [-0.15, -0.1) is 0 Å². The summed E-state index contributed by atoms with van der Waals surface area (Å²) in [6.07, 6.45) is -0.887. The number of para-hydroxylation sites is 1. The van der Waals surface area contributed by atoms with Crippen molar-refractivity contribution in [3.63, 3.8) is 0 Å². The number of carbonyl (C=O) groups excluding carboxylic acids is 2. The number of hydrogen-bond acceptors (Lipinski definition) is 4. The largest absolute Gasteiger partial charge is 0.273 e. The molecule has 0 saturated carbocycles. The van der Waals surface area contributed by atoms with Crippen LogP contribution >= 0.6 is 11.6 Å².